The normalized spacial score (nSPS) is 38.2. The smallest absolute Gasteiger partial charge is 0.329 e. The lowest BCUT2D eigenvalue weighted by atomic mass is 9.78. The quantitative estimate of drug-likeness (QED) is 0.184. The molecule has 0 aromatic rings. The number of hydrogen-bond donors (Lipinski definition) is 3. The highest BCUT2D eigenvalue weighted by atomic mass is 16.6. The largest absolute Gasteiger partial charge is 0.460 e. The Kier molecular flexibility index (Phi) is 21.1. The minimum Gasteiger partial charge on any atom is -0.460 e. The summed E-state index contributed by atoms with van der Waals surface area (Å²) in [7, 11) is 4.78. The van der Waals surface area contributed by atoms with Gasteiger partial charge in [-0.15, -0.1) is 0 Å². The number of methoxy groups -OCH3 is 3. The van der Waals surface area contributed by atoms with E-state index in [0.29, 0.717) is 63.4 Å². The number of ether oxygens (including phenoxy) is 5. The maximum atomic E-state index is 14.4. The number of hydrogen-bond acceptors (Lipinski definition) is 12. The first-order chi connectivity index (χ1) is 30.3. The van der Waals surface area contributed by atoms with Crippen LogP contribution >= 0.6 is 0 Å². The molecule has 2 saturated heterocycles. The molecule has 0 aromatic carbocycles. The zero-order chi connectivity index (χ0) is 47.3. The highest BCUT2D eigenvalue weighted by molar-refractivity contribution is 6.39. The van der Waals surface area contributed by atoms with E-state index < -0.39 is 71.8 Å². The SMILES string of the molecule is CO[C@H]1C[C@@H]2CC[C@@H](C)[C@@](O)(O2)C(=O)C(=O)N2CCCC[C@H]2C(=O)O[C@H]([C@H](C)C[C@@H]2CC[C@@H](O)[C@H](OC)C2)CC(=O)C(C)=CC(C)[C@@H](O)[C@@H](OC)C[C@H](C)C[C@H](C)C=CC=CC=C1C. The Labute approximate surface area is 383 Å². The lowest BCUT2D eigenvalue weighted by Gasteiger charge is -2.42. The molecule has 64 heavy (non-hydrogen) atoms. The lowest BCUT2D eigenvalue weighted by Crippen LogP contribution is -2.61. The van der Waals surface area contributed by atoms with Crippen molar-refractivity contribution in [1.82, 2.24) is 4.90 Å². The number of allylic oxidation sites excluding steroid dienone is 6. The van der Waals surface area contributed by atoms with Gasteiger partial charge in [0.05, 0.1) is 36.6 Å². The monoisotopic (exact) mass is 900 g/mol. The maximum absolute atomic E-state index is 14.4. The molecule has 1 unspecified atom stereocenters. The predicted molar refractivity (Wildman–Crippen MR) is 245 cm³/mol. The van der Waals surface area contributed by atoms with Gasteiger partial charge in [-0.25, -0.2) is 4.79 Å². The number of carbonyl (C=O) groups is 4. The third-order valence-corrected chi connectivity index (χ3v) is 14.5. The number of amides is 1. The number of aliphatic hydroxyl groups is 3. The zero-order valence-corrected chi connectivity index (χ0v) is 40.4. The number of ketones is 2. The number of cyclic esters (lactones) is 1. The van der Waals surface area contributed by atoms with E-state index in [9.17, 15) is 34.5 Å². The first-order valence-corrected chi connectivity index (χ1v) is 24.0. The molecule has 0 aromatic heterocycles. The van der Waals surface area contributed by atoms with Gasteiger partial charge in [-0.1, -0.05) is 71.1 Å². The summed E-state index contributed by atoms with van der Waals surface area (Å²) in [6.07, 6.45) is 14.4. The summed E-state index contributed by atoms with van der Waals surface area (Å²) in [6.45, 7) is 13.6. The molecule has 15 atom stereocenters. The lowest BCUT2D eigenvalue weighted by molar-refractivity contribution is -0.265. The number of piperidine rings is 1. The van der Waals surface area contributed by atoms with Crippen LogP contribution in [-0.2, 0) is 42.9 Å². The third-order valence-electron chi connectivity index (χ3n) is 14.5. The minimum atomic E-state index is -2.41. The van der Waals surface area contributed by atoms with E-state index in [1.165, 1.54) is 4.90 Å². The first kappa shape index (κ1) is 53.6. The molecule has 13 nitrogen and oxygen atoms in total. The molecule has 362 valence electrons. The van der Waals surface area contributed by atoms with Gasteiger partial charge >= 0.3 is 5.97 Å². The van der Waals surface area contributed by atoms with Crippen molar-refractivity contribution in [3.05, 3.63) is 47.6 Å². The number of Topliss-reactive ketones (excluding diaryl/α,β-unsaturated/α-hetero) is 2. The Morgan fingerprint density at radius 2 is 1.56 bits per heavy atom. The van der Waals surface area contributed by atoms with Gasteiger partial charge in [-0.05, 0) is 119 Å². The molecule has 3 aliphatic heterocycles. The second-order valence-electron chi connectivity index (χ2n) is 19.8. The Bertz CT molecular complexity index is 1670. The second kappa shape index (κ2) is 25.2. The summed E-state index contributed by atoms with van der Waals surface area (Å²) < 4.78 is 29.7. The number of aliphatic hydroxyl groups excluding tert-OH is 2. The molecule has 1 aliphatic carbocycles. The number of carbonyl (C=O) groups excluding carboxylic acids is 4. The fourth-order valence-electron chi connectivity index (χ4n) is 10.3. The van der Waals surface area contributed by atoms with Crippen LogP contribution in [0.15, 0.2) is 47.6 Å². The highest BCUT2D eigenvalue weighted by Gasteiger charge is 2.53. The van der Waals surface area contributed by atoms with Gasteiger partial charge in [0, 0.05) is 52.6 Å². The number of esters is 1. The van der Waals surface area contributed by atoms with Crippen LogP contribution in [0.3, 0.4) is 0 Å². The number of rotatable bonds is 6. The number of nitrogens with zero attached hydrogens (tertiary/aromatic N) is 1. The van der Waals surface area contributed by atoms with E-state index in [1.54, 1.807) is 41.3 Å². The van der Waals surface area contributed by atoms with E-state index in [4.69, 9.17) is 23.7 Å². The zero-order valence-electron chi connectivity index (χ0n) is 40.4. The van der Waals surface area contributed by atoms with Gasteiger partial charge in [0.1, 0.15) is 12.1 Å². The van der Waals surface area contributed by atoms with Gasteiger partial charge in [-0.3, -0.25) is 14.4 Å². The van der Waals surface area contributed by atoms with Crippen molar-refractivity contribution in [2.45, 2.75) is 186 Å². The van der Waals surface area contributed by atoms with Crippen molar-refractivity contribution >= 4 is 23.4 Å². The van der Waals surface area contributed by atoms with Crippen LogP contribution in [0.25, 0.3) is 0 Å². The molecule has 13 heteroatoms. The average molecular weight is 900 g/mol. The van der Waals surface area contributed by atoms with E-state index in [-0.39, 0.29) is 61.0 Å². The van der Waals surface area contributed by atoms with Crippen molar-refractivity contribution in [2.75, 3.05) is 27.9 Å². The summed E-state index contributed by atoms with van der Waals surface area (Å²) in [6, 6.07) is -1.11. The van der Waals surface area contributed by atoms with Gasteiger partial charge in [0.15, 0.2) is 5.78 Å². The van der Waals surface area contributed by atoms with Crippen LogP contribution in [0.1, 0.15) is 132 Å². The molecule has 0 spiro atoms. The summed E-state index contributed by atoms with van der Waals surface area (Å²) in [5.41, 5.74) is 1.35. The van der Waals surface area contributed by atoms with Crippen LogP contribution in [0, 0.1) is 35.5 Å². The van der Waals surface area contributed by atoms with E-state index >= 15 is 0 Å². The standard InChI is InChI=1S/C51H81NO12/c1-31-16-12-11-13-17-33(3)43(60-8)29-39-21-19-37(7)51(59,64-39)48(56)49(57)52-23-15-14-18-40(52)50(58)63-44(35(5)27-38-20-22-41(53)45(28-38)61-9)30-42(54)34(4)26-36(6)47(55)46(62-10)25-32(2)24-31/h11-13,16-17,26,31-32,35-41,43-47,53,55,59H,14-15,18-25,27-30H2,1-10H3/t31-,32-,35-,36?,37-,38+,39+,40+,41-,43+,44+,45-,46+,47-,51-/m1/s1. The molecular weight excluding hydrogens is 819 g/mol. The molecule has 1 saturated carbocycles. The maximum Gasteiger partial charge on any atom is 0.329 e. The third kappa shape index (κ3) is 14.5. The van der Waals surface area contributed by atoms with Crippen molar-refractivity contribution in [1.29, 1.82) is 0 Å². The molecule has 1 amide bonds. The molecule has 2 bridgehead atoms. The Morgan fingerprint density at radius 1 is 0.844 bits per heavy atom. The fourth-order valence-corrected chi connectivity index (χ4v) is 10.3. The average Bonchev–Trinajstić information content (AvgIpc) is 3.27. The van der Waals surface area contributed by atoms with Crippen LogP contribution in [-0.4, -0.2) is 126 Å². The molecular formula is C51H81NO12. The first-order valence-electron chi connectivity index (χ1n) is 24.0. The van der Waals surface area contributed by atoms with Gasteiger partial charge in [0.2, 0.25) is 5.79 Å². The van der Waals surface area contributed by atoms with Crippen molar-refractivity contribution in [3.8, 4) is 0 Å². The Balaban J connectivity index is 1.68. The Morgan fingerprint density at radius 3 is 2.25 bits per heavy atom. The Hall–Kier alpha value is -3.04. The van der Waals surface area contributed by atoms with Crippen LogP contribution in [0.4, 0.5) is 0 Å². The minimum absolute atomic E-state index is 0.112. The van der Waals surface area contributed by atoms with Crippen LogP contribution in [0.5, 0.6) is 0 Å². The van der Waals surface area contributed by atoms with Gasteiger partial charge in [0.25, 0.3) is 11.7 Å². The molecule has 4 aliphatic rings. The van der Waals surface area contributed by atoms with Crippen molar-refractivity contribution < 1.29 is 58.2 Å². The summed E-state index contributed by atoms with van der Waals surface area (Å²) in [5, 5.41) is 33.9. The summed E-state index contributed by atoms with van der Waals surface area (Å²) >= 11 is 0. The summed E-state index contributed by atoms with van der Waals surface area (Å²) in [5.74, 6) is -6.25. The highest BCUT2D eigenvalue weighted by Crippen LogP contribution is 2.38. The van der Waals surface area contributed by atoms with E-state index in [0.717, 1.165) is 18.4 Å². The predicted octanol–water partition coefficient (Wildman–Crippen LogP) is 7.00. The van der Waals surface area contributed by atoms with Crippen molar-refractivity contribution in [2.24, 2.45) is 35.5 Å². The topological polar surface area (TPSA) is 178 Å². The van der Waals surface area contributed by atoms with Crippen molar-refractivity contribution in [3.63, 3.8) is 0 Å². The van der Waals surface area contributed by atoms with Gasteiger partial charge in [-0.2, -0.15) is 0 Å². The van der Waals surface area contributed by atoms with E-state index in [1.807, 2.05) is 45.1 Å². The molecule has 3 fully saturated rings. The summed E-state index contributed by atoms with van der Waals surface area (Å²) in [4.78, 5) is 58.1. The molecule has 0 radical (unpaired) electrons. The molecule has 3 N–H and O–H groups in total. The number of fused-ring (bicyclic) bond motifs is 3. The molecule has 3 heterocycles. The van der Waals surface area contributed by atoms with Crippen LogP contribution < -0.4 is 0 Å². The van der Waals surface area contributed by atoms with Crippen LogP contribution in [0.2, 0.25) is 0 Å². The fraction of sp³-hybridized carbons (Fsp3) is 0.765. The van der Waals surface area contributed by atoms with Gasteiger partial charge < -0.3 is 43.9 Å². The second-order valence-corrected chi connectivity index (χ2v) is 19.8. The molecule has 4 rings (SSSR count). The van der Waals surface area contributed by atoms with E-state index in [2.05, 4.69) is 19.9 Å².